The SMILES string of the molecule is O=C1CNC(=O)[C@@H](CO)N1. The van der Waals surface area contributed by atoms with Crippen molar-refractivity contribution < 1.29 is 14.7 Å². The van der Waals surface area contributed by atoms with Crippen molar-refractivity contribution in [3.05, 3.63) is 0 Å². The molecule has 0 unspecified atom stereocenters. The van der Waals surface area contributed by atoms with Gasteiger partial charge in [-0.3, -0.25) is 9.59 Å². The number of aliphatic hydroxyl groups is 1. The van der Waals surface area contributed by atoms with Gasteiger partial charge in [-0.2, -0.15) is 0 Å². The molecular formula is C5H8N2O3. The van der Waals surface area contributed by atoms with Gasteiger partial charge in [-0.1, -0.05) is 0 Å². The molecule has 56 valence electrons. The fourth-order valence-corrected chi connectivity index (χ4v) is 0.730. The van der Waals surface area contributed by atoms with Gasteiger partial charge in [0.1, 0.15) is 6.04 Å². The van der Waals surface area contributed by atoms with Crippen LogP contribution in [0.2, 0.25) is 0 Å². The van der Waals surface area contributed by atoms with Gasteiger partial charge in [-0.25, -0.2) is 0 Å². The summed E-state index contributed by atoms with van der Waals surface area (Å²) in [4.78, 5) is 21.2. The third-order valence-corrected chi connectivity index (χ3v) is 1.26. The predicted octanol–water partition coefficient (Wildman–Crippen LogP) is -2.41. The van der Waals surface area contributed by atoms with Crippen LogP contribution in [0.15, 0.2) is 0 Å². The average molecular weight is 144 g/mol. The van der Waals surface area contributed by atoms with Crippen LogP contribution in [-0.4, -0.2) is 36.1 Å². The Bertz CT molecular complexity index is 168. The molecule has 1 heterocycles. The lowest BCUT2D eigenvalue weighted by molar-refractivity contribution is -0.134. The summed E-state index contributed by atoms with van der Waals surface area (Å²) in [5.74, 6) is -0.597. The maximum atomic E-state index is 10.7. The number of piperazine rings is 1. The molecule has 1 saturated heterocycles. The van der Waals surface area contributed by atoms with Crippen LogP contribution < -0.4 is 10.6 Å². The summed E-state index contributed by atoms with van der Waals surface area (Å²) in [6.45, 7) is -0.340. The van der Waals surface area contributed by atoms with Crippen molar-refractivity contribution in [1.29, 1.82) is 0 Å². The lowest BCUT2D eigenvalue weighted by Crippen LogP contribution is -2.57. The normalized spacial score (nSPS) is 25.5. The van der Waals surface area contributed by atoms with Crippen LogP contribution in [0.1, 0.15) is 0 Å². The smallest absolute Gasteiger partial charge is 0.245 e. The molecule has 1 fully saturated rings. The van der Waals surface area contributed by atoms with Crippen molar-refractivity contribution in [3.8, 4) is 0 Å². The molecule has 1 atom stereocenters. The third-order valence-electron chi connectivity index (χ3n) is 1.26. The summed E-state index contributed by atoms with van der Waals surface area (Å²) >= 11 is 0. The van der Waals surface area contributed by atoms with Gasteiger partial charge in [-0.05, 0) is 0 Å². The number of rotatable bonds is 1. The average Bonchev–Trinajstić information content (AvgIpc) is 1.94. The molecule has 1 aliphatic rings. The highest BCUT2D eigenvalue weighted by Gasteiger charge is 2.24. The van der Waals surface area contributed by atoms with E-state index < -0.39 is 6.04 Å². The largest absolute Gasteiger partial charge is 0.394 e. The number of nitrogens with one attached hydrogen (secondary N) is 2. The second-order valence-corrected chi connectivity index (χ2v) is 2.02. The van der Waals surface area contributed by atoms with E-state index >= 15 is 0 Å². The first-order chi connectivity index (χ1) is 4.74. The zero-order valence-electron chi connectivity index (χ0n) is 5.26. The van der Waals surface area contributed by atoms with E-state index in [1.54, 1.807) is 0 Å². The number of aliphatic hydroxyl groups excluding tert-OH is 1. The summed E-state index contributed by atoms with van der Waals surface area (Å²) in [6, 6.07) is -0.763. The maximum Gasteiger partial charge on any atom is 0.245 e. The van der Waals surface area contributed by atoms with Crippen molar-refractivity contribution in [2.75, 3.05) is 13.2 Å². The van der Waals surface area contributed by atoms with E-state index in [1.807, 2.05) is 0 Å². The van der Waals surface area contributed by atoms with Gasteiger partial charge in [0.2, 0.25) is 11.8 Å². The first-order valence-electron chi connectivity index (χ1n) is 2.92. The van der Waals surface area contributed by atoms with Crippen molar-refractivity contribution in [1.82, 2.24) is 10.6 Å². The second-order valence-electron chi connectivity index (χ2n) is 2.02. The maximum absolute atomic E-state index is 10.7. The molecule has 0 saturated carbocycles. The summed E-state index contributed by atoms with van der Waals surface area (Å²) in [5, 5.41) is 13.1. The Kier molecular flexibility index (Phi) is 1.86. The lowest BCUT2D eigenvalue weighted by Gasteiger charge is -2.20. The van der Waals surface area contributed by atoms with E-state index in [0.29, 0.717) is 0 Å². The molecule has 0 aliphatic carbocycles. The number of carbonyl (C=O) groups is 2. The molecule has 1 rings (SSSR count). The van der Waals surface area contributed by atoms with Gasteiger partial charge >= 0.3 is 0 Å². The number of amides is 2. The van der Waals surface area contributed by atoms with Gasteiger partial charge in [0.25, 0.3) is 0 Å². The molecule has 0 bridgehead atoms. The predicted molar refractivity (Wildman–Crippen MR) is 32.0 cm³/mol. The van der Waals surface area contributed by atoms with Crippen molar-refractivity contribution in [3.63, 3.8) is 0 Å². The standard InChI is InChI=1S/C5H8N2O3/c8-2-3-5(10)6-1-4(9)7-3/h3,8H,1-2H2,(H,6,10)(H,7,9)/t3-/m1/s1. The van der Waals surface area contributed by atoms with E-state index in [-0.39, 0.29) is 25.0 Å². The molecule has 0 spiro atoms. The van der Waals surface area contributed by atoms with Gasteiger partial charge in [-0.15, -0.1) is 0 Å². The summed E-state index contributed by atoms with van der Waals surface area (Å²) in [7, 11) is 0. The molecule has 5 heteroatoms. The molecule has 0 radical (unpaired) electrons. The van der Waals surface area contributed by atoms with E-state index in [0.717, 1.165) is 0 Å². The minimum absolute atomic E-state index is 0.00926. The van der Waals surface area contributed by atoms with Gasteiger partial charge in [0.15, 0.2) is 0 Å². The minimum Gasteiger partial charge on any atom is -0.394 e. The molecule has 3 N–H and O–H groups in total. The molecular weight excluding hydrogens is 136 g/mol. The van der Waals surface area contributed by atoms with Crippen molar-refractivity contribution >= 4 is 11.8 Å². The van der Waals surface area contributed by atoms with E-state index in [4.69, 9.17) is 5.11 Å². The highest BCUT2D eigenvalue weighted by Crippen LogP contribution is 1.87. The molecule has 10 heavy (non-hydrogen) atoms. The second kappa shape index (κ2) is 2.66. The molecule has 0 aromatic heterocycles. The Labute approximate surface area is 57.4 Å². The summed E-state index contributed by atoms with van der Waals surface area (Å²) < 4.78 is 0. The van der Waals surface area contributed by atoms with Crippen molar-refractivity contribution in [2.24, 2.45) is 0 Å². The highest BCUT2D eigenvalue weighted by molar-refractivity contribution is 5.94. The van der Waals surface area contributed by atoms with Crippen LogP contribution in [0.3, 0.4) is 0 Å². The number of carbonyl (C=O) groups excluding carboxylic acids is 2. The molecule has 0 aromatic rings. The first kappa shape index (κ1) is 7.01. The van der Waals surface area contributed by atoms with Crippen LogP contribution in [0, 0.1) is 0 Å². The van der Waals surface area contributed by atoms with E-state index in [1.165, 1.54) is 0 Å². The van der Waals surface area contributed by atoms with E-state index in [2.05, 4.69) is 10.6 Å². The molecule has 5 nitrogen and oxygen atoms in total. The summed E-state index contributed by atoms with van der Waals surface area (Å²) in [5.41, 5.74) is 0. The zero-order chi connectivity index (χ0) is 7.56. The Balaban J connectivity index is 2.53. The molecule has 2 amide bonds. The van der Waals surface area contributed by atoms with Crippen molar-refractivity contribution in [2.45, 2.75) is 6.04 Å². The topological polar surface area (TPSA) is 78.4 Å². The van der Waals surface area contributed by atoms with Crippen LogP contribution in [-0.2, 0) is 9.59 Å². The minimum atomic E-state index is -0.763. The fourth-order valence-electron chi connectivity index (χ4n) is 0.730. The third kappa shape index (κ3) is 1.24. The van der Waals surface area contributed by atoms with Gasteiger partial charge in [0.05, 0.1) is 13.2 Å². The monoisotopic (exact) mass is 144 g/mol. The Morgan fingerprint density at radius 1 is 1.60 bits per heavy atom. The van der Waals surface area contributed by atoms with Crippen LogP contribution in [0.4, 0.5) is 0 Å². The van der Waals surface area contributed by atoms with Crippen LogP contribution >= 0.6 is 0 Å². The highest BCUT2D eigenvalue weighted by atomic mass is 16.3. The Hall–Kier alpha value is -1.10. The first-order valence-corrected chi connectivity index (χ1v) is 2.92. The van der Waals surface area contributed by atoms with Crippen LogP contribution in [0.25, 0.3) is 0 Å². The van der Waals surface area contributed by atoms with Gasteiger partial charge in [0, 0.05) is 0 Å². The van der Waals surface area contributed by atoms with Gasteiger partial charge < -0.3 is 15.7 Å². The fraction of sp³-hybridized carbons (Fsp3) is 0.600. The molecule has 1 aliphatic heterocycles. The number of hydrogen-bond donors (Lipinski definition) is 3. The molecule has 0 aromatic carbocycles. The summed E-state index contributed by atoms with van der Waals surface area (Å²) in [6.07, 6.45) is 0. The number of hydrogen-bond acceptors (Lipinski definition) is 3. The lowest BCUT2D eigenvalue weighted by atomic mass is 10.2. The van der Waals surface area contributed by atoms with E-state index in [9.17, 15) is 9.59 Å². The van der Waals surface area contributed by atoms with Crippen LogP contribution in [0.5, 0.6) is 0 Å². The zero-order valence-corrected chi connectivity index (χ0v) is 5.26. The Morgan fingerprint density at radius 2 is 2.30 bits per heavy atom. The quantitative estimate of drug-likeness (QED) is 0.383. The Morgan fingerprint density at radius 3 is 2.80 bits per heavy atom.